The van der Waals surface area contributed by atoms with Gasteiger partial charge in [0.05, 0.1) is 17.4 Å². The van der Waals surface area contributed by atoms with Crippen LogP contribution in [0.5, 0.6) is 0 Å². The van der Waals surface area contributed by atoms with Gasteiger partial charge < -0.3 is 14.9 Å². The van der Waals surface area contributed by atoms with E-state index in [0.29, 0.717) is 0 Å². The molecule has 2 aromatic rings. The van der Waals surface area contributed by atoms with E-state index in [2.05, 4.69) is 24.8 Å². The smallest absolute Gasteiger partial charge is 0.337 e. The van der Waals surface area contributed by atoms with Crippen LogP contribution in [0.2, 0.25) is 0 Å². The SMILES string of the molecule is O=C(O)c1cncc(N2CCN(c3ncccn3)CC2)c1. The summed E-state index contributed by atoms with van der Waals surface area (Å²) in [6.45, 7) is 3.15. The first-order chi connectivity index (χ1) is 10.2. The largest absolute Gasteiger partial charge is 0.478 e. The minimum Gasteiger partial charge on any atom is -0.478 e. The summed E-state index contributed by atoms with van der Waals surface area (Å²) in [7, 11) is 0. The number of anilines is 2. The molecule has 108 valence electrons. The van der Waals surface area contributed by atoms with Crippen molar-refractivity contribution in [2.24, 2.45) is 0 Å². The molecule has 0 saturated carbocycles. The minimum absolute atomic E-state index is 0.210. The first-order valence-corrected chi connectivity index (χ1v) is 6.69. The fourth-order valence-corrected chi connectivity index (χ4v) is 2.34. The molecule has 0 spiro atoms. The lowest BCUT2D eigenvalue weighted by atomic mass is 10.2. The maximum atomic E-state index is 11.0. The Morgan fingerprint density at radius 2 is 1.71 bits per heavy atom. The molecule has 3 rings (SSSR count). The zero-order valence-corrected chi connectivity index (χ0v) is 11.4. The number of hydrogen-bond donors (Lipinski definition) is 1. The minimum atomic E-state index is -0.958. The number of carboxylic acid groups (broad SMARTS) is 1. The zero-order chi connectivity index (χ0) is 14.7. The van der Waals surface area contributed by atoms with E-state index in [-0.39, 0.29) is 5.56 Å². The van der Waals surface area contributed by atoms with Crippen molar-refractivity contribution in [3.8, 4) is 0 Å². The molecule has 0 aromatic carbocycles. The van der Waals surface area contributed by atoms with Gasteiger partial charge in [0.15, 0.2) is 0 Å². The Bertz CT molecular complexity index is 626. The molecule has 0 amide bonds. The van der Waals surface area contributed by atoms with Gasteiger partial charge in [-0.2, -0.15) is 0 Å². The van der Waals surface area contributed by atoms with Crippen molar-refractivity contribution >= 4 is 17.6 Å². The fraction of sp³-hybridized carbons (Fsp3) is 0.286. The molecule has 7 nitrogen and oxygen atoms in total. The van der Waals surface area contributed by atoms with Gasteiger partial charge in [-0.3, -0.25) is 4.98 Å². The molecular weight excluding hydrogens is 270 g/mol. The van der Waals surface area contributed by atoms with E-state index in [4.69, 9.17) is 5.11 Å². The van der Waals surface area contributed by atoms with Gasteiger partial charge in [0, 0.05) is 44.8 Å². The maximum absolute atomic E-state index is 11.0. The van der Waals surface area contributed by atoms with Crippen molar-refractivity contribution in [3.05, 3.63) is 42.5 Å². The summed E-state index contributed by atoms with van der Waals surface area (Å²) < 4.78 is 0. The van der Waals surface area contributed by atoms with Gasteiger partial charge >= 0.3 is 5.97 Å². The molecule has 1 aliphatic rings. The van der Waals surface area contributed by atoms with Gasteiger partial charge in [0.25, 0.3) is 0 Å². The third-order valence-electron chi connectivity index (χ3n) is 3.45. The van der Waals surface area contributed by atoms with Gasteiger partial charge in [0.1, 0.15) is 0 Å². The molecule has 1 aliphatic heterocycles. The number of aromatic nitrogens is 3. The van der Waals surface area contributed by atoms with E-state index < -0.39 is 5.97 Å². The van der Waals surface area contributed by atoms with Crippen molar-refractivity contribution in [2.45, 2.75) is 0 Å². The van der Waals surface area contributed by atoms with Gasteiger partial charge in [-0.25, -0.2) is 14.8 Å². The average molecular weight is 285 g/mol. The Labute approximate surface area is 121 Å². The first kappa shape index (κ1) is 13.3. The van der Waals surface area contributed by atoms with Crippen molar-refractivity contribution in [1.29, 1.82) is 0 Å². The molecule has 21 heavy (non-hydrogen) atoms. The Kier molecular flexibility index (Phi) is 3.63. The number of pyridine rings is 1. The molecule has 7 heteroatoms. The summed E-state index contributed by atoms with van der Waals surface area (Å²) in [5.41, 5.74) is 1.05. The van der Waals surface area contributed by atoms with Crippen LogP contribution < -0.4 is 9.80 Å². The van der Waals surface area contributed by atoms with Crippen LogP contribution in [-0.4, -0.2) is 52.2 Å². The second kappa shape index (κ2) is 5.74. The van der Waals surface area contributed by atoms with E-state index in [1.807, 2.05) is 0 Å². The van der Waals surface area contributed by atoms with Crippen molar-refractivity contribution in [2.75, 3.05) is 36.0 Å². The molecule has 1 N–H and O–H groups in total. The monoisotopic (exact) mass is 285 g/mol. The fourth-order valence-electron chi connectivity index (χ4n) is 2.34. The van der Waals surface area contributed by atoms with Crippen LogP contribution in [0.3, 0.4) is 0 Å². The number of nitrogens with zero attached hydrogens (tertiary/aromatic N) is 5. The molecule has 2 aromatic heterocycles. The zero-order valence-electron chi connectivity index (χ0n) is 11.4. The maximum Gasteiger partial charge on any atom is 0.337 e. The van der Waals surface area contributed by atoms with Crippen molar-refractivity contribution in [1.82, 2.24) is 15.0 Å². The topological polar surface area (TPSA) is 82.5 Å². The van der Waals surface area contributed by atoms with Crippen molar-refractivity contribution < 1.29 is 9.90 Å². The summed E-state index contributed by atoms with van der Waals surface area (Å²) in [6, 6.07) is 3.45. The quantitative estimate of drug-likeness (QED) is 0.897. The van der Waals surface area contributed by atoms with Crippen LogP contribution in [-0.2, 0) is 0 Å². The molecule has 1 fully saturated rings. The van der Waals surface area contributed by atoms with Gasteiger partial charge in [-0.05, 0) is 12.1 Å². The van der Waals surface area contributed by atoms with E-state index in [1.54, 1.807) is 30.7 Å². The summed E-state index contributed by atoms with van der Waals surface area (Å²) in [6.07, 6.45) is 6.52. The lowest BCUT2D eigenvalue weighted by Gasteiger charge is -2.35. The van der Waals surface area contributed by atoms with Crippen LogP contribution in [0.4, 0.5) is 11.6 Å². The molecule has 3 heterocycles. The van der Waals surface area contributed by atoms with Crippen LogP contribution in [0.1, 0.15) is 10.4 Å². The number of rotatable bonds is 3. The molecule has 0 bridgehead atoms. The highest BCUT2D eigenvalue weighted by atomic mass is 16.4. The average Bonchev–Trinajstić information content (AvgIpc) is 2.56. The lowest BCUT2D eigenvalue weighted by Crippen LogP contribution is -2.47. The summed E-state index contributed by atoms with van der Waals surface area (Å²) in [4.78, 5) is 27.7. The predicted molar refractivity (Wildman–Crippen MR) is 77.7 cm³/mol. The molecule has 1 saturated heterocycles. The number of aromatic carboxylic acids is 1. The van der Waals surface area contributed by atoms with E-state index >= 15 is 0 Å². The molecular formula is C14H15N5O2. The highest BCUT2D eigenvalue weighted by Crippen LogP contribution is 2.18. The Morgan fingerprint density at radius 3 is 2.38 bits per heavy atom. The third-order valence-corrected chi connectivity index (χ3v) is 3.45. The second-order valence-corrected chi connectivity index (χ2v) is 4.76. The molecule has 0 aliphatic carbocycles. The highest BCUT2D eigenvalue weighted by molar-refractivity contribution is 5.88. The Hall–Kier alpha value is -2.70. The van der Waals surface area contributed by atoms with E-state index in [9.17, 15) is 4.79 Å². The van der Waals surface area contributed by atoms with E-state index in [1.165, 1.54) is 6.20 Å². The number of hydrogen-bond acceptors (Lipinski definition) is 6. The van der Waals surface area contributed by atoms with Gasteiger partial charge in [-0.1, -0.05) is 0 Å². The number of piperazine rings is 1. The molecule has 0 unspecified atom stereocenters. The normalized spacial score (nSPS) is 15.0. The van der Waals surface area contributed by atoms with Crippen LogP contribution in [0.15, 0.2) is 36.9 Å². The van der Waals surface area contributed by atoms with Gasteiger partial charge in [0.2, 0.25) is 5.95 Å². The van der Waals surface area contributed by atoms with Crippen molar-refractivity contribution in [3.63, 3.8) is 0 Å². The predicted octanol–water partition coefficient (Wildman–Crippen LogP) is 0.896. The van der Waals surface area contributed by atoms with Crippen LogP contribution in [0, 0.1) is 0 Å². The first-order valence-electron chi connectivity index (χ1n) is 6.69. The Balaban J connectivity index is 1.68. The molecule has 0 atom stereocenters. The third kappa shape index (κ3) is 2.91. The number of carboxylic acids is 1. The summed E-state index contributed by atoms with van der Waals surface area (Å²) >= 11 is 0. The summed E-state index contributed by atoms with van der Waals surface area (Å²) in [5, 5.41) is 9.02. The second-order valence-electron chi connectivity index (χ2n) is 4.76. The van der Waals surface area contributed by atoms with Crippen LogP contribution >= 0.6 is 0 Å². The summed E-state index contributed by atoms with van der Waals surface area (Å²) in [5.74, 6) is -0.227. The van der Waals surface area contributed by atoms with Gasteiger partial charge in [-0.15, -0.1) is 0 Å². The Morgan fingerprint density at radius 1 is 1.05 bits per heavy atom. The number of carbonyl (C=O) groups is 1. The highest BCUT2D eigenvalue weighted by Gasteiger charge is 2.19. The standard InChI is InChI=1S/C14H15N5O2/c20-13(21)11-8-12(10-15-9-11)18-4-6-19(7-5-18)14-16-2-1-3-17-14/h1-3,8-10H,4-7H2,(H,20,21). The lowest BCUT2D eigenvalue weighted by molar-refractivity contribution is 0.0696. The molecule has 0 radical (unpaired) electrons. The van der Waals surface area contributed by atoms with E-state index in [0.717, 1.165) is 37.8 Å². The van der Waals surface area contributed by atoms with Crippen LogP contribution in [0.25, 0.3) is 0 Å².